The quantitative estimate of drug-likeness (QED) is 0.473. The fraction of sp³-hybridized carbons (Fsp3) is 0.182. The first-order valence-electron chi connectivity index (χ1n) is 4.50. The van der Waals surface area contributed by atoms with Gasteiger partial charge in [-0.1, -0.05) is 29.3 Å². The molecule has 0 unspecified atom stereocenters. The molecule has 0 aliphatic carbocycles. The van der Waals surface area contributed by atoms with Gasteiger partial charge in [0.05, 0.1) is 10.0 Å². The molecule has 1 rings (SSSR count). The molecule has 1 aromatic rings. The Balaban J connectivity index is 2.99. The Morgan fingerprint density at radius 1 is 1.31 bits per heavy atom. The molecule has 0 bridgehead atoms. The van der Waals surface area contributed by atoms with Crippen molar-refractivity contribution in [2.24, 2.45) is 0 Å². The van der Waals surface area contributed by atoms with E-state index in [1.54, 1.807) is 37.2 Å². The lowest BCUT2D eigenvalue weighted by molar-refractivity contribution is -0.106. The summed E-state index contributed by atoms with van der Waals surface area (Å²) in [7, 11) is 3.56. The van der Waals surface area contributed by atoms with Crippen molar-refractivity contribution >= 4 is 29.5 Å². The molecule has 0 spiro atoms. The number of para-hydroxylation sites is 1. The molecule has 0 atom stereocenters. The Labute approximate surface area is 104 Å². The SMILES string of the molecule is CN(C)C=C(C=O)Oc1c(Cl)cccc1Cl. The molecular formula is C11H11Cl2NO2. The van der Waals surface area contributed by atoms with E-state index in [2.05, 4.69) is 0 Å². The van der Waals surface area contributed by atoms with Gasteiger partial charge < -0.3 is 9.64 Å². The van der Waals surface area contributed by atoms with Crippen LogP contribution in [0, 0.1) is 0 Å². The smallest absolute Gasteiger partial charge is 0.186 e. The summed E-state index contributed by atoms with van der Waals surface area (Å²) in [5, 5.41) is 0.720. The zero-order valence-electron chi connectivity index (χ0n) is 8.91. The van der Waals surface area contributed by atoms with Crippen LogP contribution >= 0.6 is 23.2 Å². The molecule has 16 heavy (non-hydrogen) atoms. The summed E-state index contributed by atoms with van der Waals surface area (Å²) in [6.45, 7) is 0. The van der Waals surface area contributed by atoms with Crippen LogP contribution in [-0.4, -0.2) is 25.3 Å². The Kier molecular flexibility index (Phi) is 4.65. The van der Waals surface area contributed by atoms with Crippen molar-refractivity contribution in [1.29, 1.82) is 0 Å². The third kappa shape index (κ3) is 3.43. The average Bonchev–Trinajstić information content (AvgIpc) is 2.21. The van der Waals surface area contributed by atoms with Crippen LogP contribution in [-0.2, 0) is 4.79 Å². The van der Waals surface area contributed by atoms with Crippen LogP contribution in [0.25, 0.3) is 0 Å². The number of hydrogen-bond donors (Lipinski definition) is 0. The van der Waals surface area contributed by atoms with Crippen molar-refractivity contribution in [2.75, 3.05) is 14.1 Å². The highest BCUT2D eigenvalue weighted by atomic mass is 35.5. The second-order valence-electron chi connectivity index (χ2n) is 3.27. The van der Waals surface area contributed by atoms with Gasteiger partial charge in [-0.15, -0.1) is 0 Å². The van der Waals surface area contributed by atoms with Crippen LogP contribution in [0.4, 0.5) is 0 Å². The van der Waals surface area contributed by atoms with Crippen LogP contribution in [0.1, 0.15) is 0 Å². The number of aldehydes is 1. The Hall–Kier alpha value is -1.19. The third-order valence-electron chi connectivity index (χ3n) is 1.64. The molecular weight excluding hydrogens is 249 g/mol. The topological polar surface area (TPSA) is 29.5 Å². The Morgan fingerprint density at radius 3 is 2.31 bits per heavy atom. The maximum Gasteiger partial charge on any atom is 0.186 e. The van der Waals surface area contributed by atoms with Crippen molar-refractivity contribution in [1.82, 2.24) is 4.90 Å². The number of carbonyl (C=O) groups is 1. The fourth-order valence-electron chi connectivity index (χ4n) is 1.03. The van der Waals surface area contributed by atoms with Crippen molar-refractivity contribution in [3.8, 4) is 5.75 Å². The molecule has 0 saturated carbocycles. The summed E-state index contributed by atoms with van der Waals surface area (Å²) in [4.78, 5) is 12.5. The summed E-state index contributed by atoms with van der Waals surface area (Å²) in [5.41, 5.74) is 0. The minimum absolute atomic E-state index is 0.139. The van der Waals surface area contributed by atoms with Crippen LogP contribution in [0.2, 0.25) is 10.0 Å². The third-order valence-corrected chi connectivity index (χ3v) is 2.24. The van der Waals surface area contributed by atoms with E-state index in [4.69, 9.17) is 27.9 Å². The van der Waals surface area contributed by atoms with Crippen LogP contribution in [0.3, 0.4) is 0 Å². The second kappa shape index (κ2) is 5.77. The minimum atomic E-state index is 0.139. The number of rotatable bonds is 4. The molecule has 0 radical (unpaired) electrons. The molecule has 86 valence electrons. The predicted octanol–water partition coefficient (Wildman–Crippen LogP) is 2.97. The van der Waals surface area contributed by atoms with Gasteiger partial charge in [0, 0.05) is 20.3 Å². The van der Waals surface area contributed by atoms with Crippen LogP contribution in [0.5, 0.6) is 5.75 Å². The summed E-state index contributed by atoms with van der Waals surface area (Å²) in [6.07, 6.45) is 2.13. The molecule has 0 N–H and O–H groups in total. The first-order valence-corrected chi connectivity index (χ1v) is 5.25. The van der Waals surface area contributed by atoms with Crippen molar-refractivity contribution in [3.05, 3.63) is 40.2 Å². The normalized spacial score (nSPS) is 11.1. The molecule has 0 aromatic heterocycles. The molecule has 0 aliphatic heterocycles. The van der Waals surface area contributed by atoms with Crippen molar-refractivity contribution in [3.63, 3.8) is 0 Å². The van der Waals surface area contributed by atoms with Gasteiger partial charge in [0.2, 0.25) is 0 Å². The van der Waals surface area contributed by atoms with E-state index in [1.165, 1.54) is 6.20 Å². The van der Waals surface area contributed by atoms with Gasteiger partial charge in [-0.25, -0.2) is 0 Å². The van der Waals surface area contributed by atoms with Gasteiger partial charge in [0.15, 0.2) is 17.8 Å². The Bertz CT molecular complexity index is 396. The fourth-order valence-corrected chi connectivity index (χ4v) is 1.51. The summed E-state index contributed by atoms with van der Waals surface area (Å²) in [6, 6.07) is 4.98. The monoisotopic (exact) mass is 259 g/mol. The molecule has 0 saturated heterocycles. The molecule has 0 fully saturated rings. The highest BCUT2D eigenvalue weighted by Crippen LogP contribution is 2.33. The zero-order valence-corrected chi connectivity index (χ0v) is 10.4. The van der Waals surface area contributed by atoms with Gasteiger partial charge in [0.1, 0.15) is 0 Å². The summed E-state index contributed by atoms with van der Waals surface area (Å²) in [5.74, 6) is 0.422. The lowest BCUT2D eigenvalue weighted by Crippen LogP contribution is -2.07. The lowest BCUT2D eigenvalue weighted by Gasteiger charge is -2.11. The van der Waals surface area contributed by atoms with Crippen LogP contribution in [0.15, 0.2) is 30.2 Å². The number of hydrogen-bond acceptors (Lipinski definition) is 3. The number of halogens is 2. The molecule has 0 amide bonds. The average molecular weight is 260 g/mol. The number of ether oxygens (including phenoxy) is 1. The highest BCUT2D eigenvalue weighted by Gasteiger charge is 2.09. The lowest BCUT2D eigenvalue weighted by atomic mass is 10.3. The maximum absolute atomic E-state index is 10.8. The first-order chi connectivity index (χ1) is 7.54. The van der Waals surface area contributed by atoms with E-state index in [9.17, 15) is 4.79 Å². The van der Waals surface area contributed by atoms with E-state index >= 15 is 0 Å². The van der Waals surface area contributed by atoms with Crippen molar-refractivity contribution < 1.29 is 9.53 Å². The van der Waals surface area contributed by atoms with Gasteiger partial charge >= 0.3 is 0 Å². The Morgan fingerprint density at radius 2 is 1.88 bits per heavy atom. The summed E-state index contributed by atoms with van der Waals surface area (Å²) < 4.78 is 5.32. The molecule has 1 aromatic carbocycles. The number of benzene rings is 1. The van der Waals surface area contributed by atoms with E-state index < -0.39 is 0 Å². The van der Waals surface area contributed by atoms with E-state index in [0.717, 1.165) is 0 Å². The second-order valence-corrected chi connectivity index (χ2v) is 4.08. The summed E-state index contributed by atoms with van der Waals surface area (Å²) >= 11 is 11.8. The number of nitrogens with zero attached hydrogens (tertiary/aromatic N) is 1. The zero-order chi connectivity index (χ0) is 12.1. The van der Waals surface area contributed by atoms with Crippen LogP contribution < -0.4 is 4.74 Å². The van der Waals surface area contributed by atoms with Gasteiger partial charge in [-0.05, 0) is 12.1 Å². The minimum Gasteiger partial charge on any atom is -0.449 e. The molecule has 3 nitrogen and oxygen atoms in total. The largest absolute Gasteiger partial charge is 0.449 e. The van der Waals surface area contributed by atoms with E-state index in [1.807, 2.05) is 0 Å². The maximum atomic E-state index is 10.8. The van der Waals surface area contributed by atoms with Gasteiger partial charge in [0.25, 0.3) is 0 Å². The highest BCUT2D eigenvalue weighted by molar-refractivity contribution is 6.37. The van der Waals surface area contributed by atoms with Crippen molar-refractivity contribution in [2.45, 2.75) is 0 Å². The standard InChI is InChI=1S/C11H11Cl2NO2/c1-14(2)6-8(7-15)16-11-9(12)4-3-5-10(11)13/h3-7H,1-2H3. The van der Waals surface area contributed by atoms with E-state index in [0.29, 0.717) is 16.3 Å². The number of carbonyl (C=O) groups excluding carboxylic acids is 1. The first kappa shape index (κ1) is 12.9. The predicted molar refractivity (Wildman–Crippen MR) is 64.9 cm³/mol. The molecule has 0 aliphatic rings. The molecule has 5 heteroatoms. The molecule has 0 heterocycles. The van der Waals surface area contributed by atoms with Gasteiger partial charge in [-0.3, -0.25) is 4.79 Å². The van der Waals surface area contributed by atoms with Gasteiger partial charge in [-0.2, -0.15) is 0 Å². The number of allylic oxidation sites excluding steroid dienone is 1. The van der Waals surface area contributed by atoms with E-state index in [-0.39, 0.29) is 11.5 Å².